The number of nitrogens with one attached hydrogen (secondary N) is 1. The molecule has 140 valence electrons. The largest absolute Gasteiger partial charge is 0.496 e. The van der Waals surface area contributed by atoms with Crippen LogP contribution >= 0.6 is 40.3 Å². The first-order valence-electron chi connectivity index (χ1n) is 7.82. The average Bonchev–Trinajstić information content (AvgIpc) is 3.00. The summed E-state index contributed by atoms with van der Waals surface area (Å²) in [6.07, 6.45) is 1.70. The van der Waals surface area contributed by atoms with Crippen molar-refractivity contribution in [3.63, 3.8) is 0 Å². The van der Waals surface area contributed by atoms with Crippen LogP contribution in [0.15, 0.2) is 53.1 Å². The third-order valence-electron chi connectivity index (χ3n) is 3.86. The molecule has 2 aromatic carbocycles. The van der Waals surface area contributed by atoms with E-state index >= 15 is 0 Å². The number of ether oxygens (including phenoxy) is 1. The molecule has 1 heterocycles. The van der Waals surface area contributed by atoms with Crippen molar-refractivity contribution in [2.75, 3.05) is 16.7 Å². The maximum Gasteiger partial charge on any atom is 0.336 e. The van der Waals surface area contributed by atoms with Crippen LogP contribution in [-0.4, -0.2) is 22.9 Å². The minimum atomic E-state index is -0.402. The molecule has 0 radical (unpaired) electrons. The van der Waals surface area contributed by atoms with E-state index in [2.05, 4.69) is 39.2 Å². The fourth-order valence-corrected chi connectivity index (χ4v) is 3.42. The third-order valence-corrected chi connectivity index (χ3v) is 5.11. The predicted octanol–water partition coefficient (Wildman–Crippen LogP) is 5.39. The number of rotatable bonds is 4. The van der Waals surface area contributed by atoms with Gasteiger partial charge in [0.05, 0.1) is 29.2 Å². The molecule has 9 heteroatoms. The number of amides is 2. The van der Waals surface area contributed by atoms with Crippen molar-refractivity contribution in [3.05, 3.63) is 58.2 Å². The minimum Gasteiger partial charge on any atom is -0.496 e. The lowest BCUT2D eigenvalue weighted by molar-refractivity contribution is 0.260. The van der Waals surface area contributed by atoms with Crippen LogP contribution in [0.1, 0.15) is 0 Å². The van der Waals surface area contributed by atoms with Crippen LogP contribution in [0.3, 0.4) is 0 Å². The van der Waals surface area contributed by atoms with Crippen molar-refractivity contribution in [3.8, 4) is 17.0 Å². The Kier molecular flexibility index (Phi) is 5.98. The topological polar surface area (TPSA) is 59.4 Å². The Labute approximate surface area is 175 Å². The molecule has 1 N–H and O–H groups in total. The highest BCUT2D eigenvalue weighted by atomic mass is 79.9. The number of carbonyl (C=O) groups is 1. The standard InChI is InChI=1S/C18H16BrClN4O2S/c1-23-17(15(19)10-21-23)14-9-13(7-8-16(14)26-2)24(27)18(25)22-12-5-3-11(20)4-6-12/h3-10,27H,1-2H3,(H,22,25). The zero-order chi connectivity index (χ0) is 19.6. The Bertz CT molecular complexity index is 958. The number of urea groups is 1. The molecule has 0 unspecified atom stereocenters. The summed E-state index contributed by atoms with van der Waals surface area (Å²) in [6.45, 7) is 0. The van der Waals surface area contributed by atoms with Gasteiger partial charge in [-0.05, 0) is 58.4 Å². The van der Waals surface area contributed by atoms with Crippen LogP contribution in [0, 0.1) is 0 Å². The summed E-state index contributed by atoms with van der Waals surface area (Å²) in [4.78, 5) is 12.5. The van der Waals surface area contributed by atoms with Crippen molar-refractivity contribution in [2.45, 2.75) is 0 Å². The highest BCUT2D eigenvalue weighted by molar-refractivity contribution is 9.10. The first kappa shape index (κ1) is 19.6. The lowest BCUT2D eigenvalue weighted by Crippen LogP contribution is -2.26. The van der Waals surface area contributed by atoms with Crippen LogP contribution in [0.4, 0.5) is 16.2 Å². The zero-order valence-corrected chi connectivity index (χ0v) is 17.7. The van der Waals surface area contributed by atoms with Gasteiger partial charge in [-0.15, -0.1) is 0 Å². The van der Waals surface area contributed by atoms with Crippen molar-refractivity contribution >= 4 is 57.8 Å². The number of halogens is 2. The van der Waals surface area contributed by atoms with Gasteiger partial charge in [-0.1, -0.05) is 24.4 Å². The van der Waals surface area contributed by atoms with Gasteiger partial charge in [-0.2, -0.15) is 5.10 Å². The Morgan fingerprint density at radius 3 is 2.59 bits per heavy atom. The van der Waals surface area contributed by atoms with E-state index < -0.39 is 6.03 Å². The van der Waals surface area contributed by atoms with E-state index in [0.717, 1.165) is 15.7 Å². The second-order valence-electron chi connectivity index (χ2n) is 5.60. The highest BCUT2D eigenvalue weighted by Gasteiger charge is 2.18. The Hall–Kier alpha value is -2.16. The third kappa shape index (κ3) is 4.23. The van der Waals surface area contributed by atoms with Gasteiger partial charge in [0.25, 0.3) is 0 Å². The summed E-state index contributed by atoms with van der Waals surface area (Å²) in [5.41, 5.74) is 2.80. The number of aromatic nitrogens is 2. The summed E-state index contributed by atoms with van der Waals surface area (Å²) in [5, 5.41) is 7.59. The fourth-order valence-electron chi connectivity index (χ4n) is 2.55. The van der Waals surface area contributed by atoms with E-state index in [0.29, 0.717) is 22.1 Å². The molecule has 0 saturated heterocycles. The SMILES string of the molecule is COc1ccc(N(S)C(=O)Nc2ccc(Cl)cc2)cc1-c1c(Br)cnn1C. The summed E-state index contributed by atoms with van der Waals surface area (Å²) < 4.78 is 9.23. The first-order valence-corrected chi connectivity index (χ1v) is 9.39. The van der Waals surface area contributed by atoms with Gasteiger partial charge in [-0.25, -0.2) is 9.10 Å². The maximum absolute atomic E-state index is 12.5. The van der Waals surface area contributed by atoms with E-state index in [4.69, 9.17) is 16.3 Å². The predicted molar refractivity (Wildman–Crippen MR) is 115 cm³/mol. The lowest BCUT2D eigenvalue weighted by Gasteiger charge is -2.19. The Morgan fingerprint density at radius 1 is 1.30 bits per heavy atom. The maximum atomic E-state index is 12.5. The highest BCUT2D eigenvalue weighted by Crippen LogP contribution is 2.37. The van der Waals surface area contributed by atoms with Crippen LogP contribution < -0.4 is 14.4 Å². The summed E-state index contributed by atoms with van der Waals surface area (Å²) in [7, 11) is 3.42. The van der Waals surface area contributed by atoms with E-state index in [1.165, 1.54) is 4.31 Å². The molecule has 3 rings (SSSR count). The van der Waals surface area contributed by atoms with Crippen LogP contribution in [0.2, 0.25) is 5.02 Å². The number of anilines is 2. The summed E-state index contributed by atoms with van der Waals surface area (Å²) >= 11 is 13.7. The molecule has 0 aliphatic carbocycles. The normalized spacial score (nSPS) is 10.6. The molecule has 1 aromatic heterocycles. The van der Waals surface area contributed by atoms with Crippen molar-refractivity contribution < 1.29 is 9.53 Å². The quantitative estimate of drug-likeness (QED) is 0.505. The van der Waals surface area contributed by atoms with E-state index in [-0.39, 0.29) is 0 Å². The molecule has 0 fully saturated rings. The minimum absolute atomic E-state index is 0.402. The van der Waals surface area contributed by atoms with Gasteiger partial charge >= 0.3 is 6.03 Å². The molecule has 0 atom stereocenters. The van der Waals surface area contributed by atoms with E-state index in [9.17, 15) is 4.79 Å². The number of methoxy groups -OCH3 is 1. The average molecular weight is 468 g/mol. The molecule has 3 aromatic rings. The molecule has 0 aliphatic heterocycles. The van der Waals surface area contributed by atoms with Crippen molar-refractivity contribution in [1.29, 1.82) is 0 Å². The van der Waals surface area contributed by atoms with Gasteiger partial charge in [0.15, 0.2) is 0 Å². The monoisotopic (exact) mass is 466 g/mol. The van der Waals surface area contributed by atoms with Gasteiger partial charge in [-0.3, -0.25) is 4.68 Å². The number of benzene rings is 2. The molecular formula is C18H16BrClN4O2S. The van der Waals surface area contributed by atoms with E-state index in [1.54, 1.807) is 54.4 Å². The Morgan fingerprint density at radius 2 is 2.00 bits per heavy atom. The van der Waals surface area contributed by atoms with E-state index in [1.807, 2.05) is 13.1 Å². The lowest BCUT2D eigenvalue weighted by atomic mass is 10.1. The van der Waals surface area contributed by atoms with Gasteiger partial charge in [0.1, 0.15) is 5.75 Å². The second kappa shape index (κ2) is 8.24. The molecule has 6 nitrogen and oxygen atoms in total. The van der Waals surface area contributed by atoms with Crippen LogP contribution in [-0.2, 0) is 7.05 Å². The number of aryl methyl sites for hydroxylation is 1. The fraction of sp³-hybridized carbons (Fsp3) is 0.111. The smallest absolute Gasteiger partial charge is 0.336 e. The second-order valence-corrected chi connectivity index (χ2v) is 7.29. The zero-order valence-electron chi connectivity index (χ0n) is 14.5. The molecule has 27 heavy (non-hydrogen) atoms. The number of carbonyl (C=O) groups excluding carboxylic acids is 1. The van der Waals surface area contributed by atoms with Gasteiger partial charge in [0, 0.05) is 23.3 Å². The van der Waals surface area contributed by atoms with Gasteiger partial charge in [0.2, 0.25) is 0 Å². The number of nitrogens with zero attached hydrogens (tertiary/aromatic N) is 3. The molecule has 0 aliphatic rings. The number of thiol groups is 1. The van der Waals surface area contributed by atoms with Crippen LogP contribution in [0.5, 0.6) is 5.75 Å². The first-order chi connectivity index (χ1) is 12.9. The van der Waals surface area contributed by atoms with Crippen molar-refractivity contribution in [2.24, 2.45) is 7.05 Å². The molecule has 0 spiro atoms. The molecule has 0 saturated carbocycles. The Balaban J connectivity index is 1.91. The van der Waals surface area contributed by atoms with Crippen molar-refractivity contribution in [1.82, 2.24) is 9.78 Å². The number of hydrogen-bond donors (Lipinski definition) is 2. The molecular weight excluding hydrogens is 452 g/mol. The molecule has 2 amide bonds. The number of hydrogen-bond acceptors (Lipinski definition) is 4. The molecule has 0 bridgehead atoms. The summed E-state index contributed by atoms with van der Waals surface area (Å²) in [6, 6.07) is 11.8. The van der Waals surface area contributed by atoms with Crippen LogP contribution in [0.25, 0.3) is 11.3 Å². The summed E-state index contributed by atoms with van der Waals surface area (Å²) in [5.74, 6) is 0.655. The van der Waals surface area contributed by atoms with Gasteiger partial charge < -0.3 is 10.1 Å².